The van der Waals surface area contributed by atoms with Crippen LogP contribution in [0.5, 0.6) is 0 Å². The Hall–Kier alpha value is -0.590. The zero-order chi connectivity index (χ0) is 16.9. The first-order valence-electron chi connectivity index (χ1n) is 8.24. The number of benzene rings is 1. The molecular formula is C17H24BrF3N2. The van der Waals surface area contributed by atoms with Crippen LogP contribution in [0, 0.1) is 0 Å². The van der Waals surface area contributed by atoms with Crippen LogP contribution < -0.4 is 5.32 Å². The summed E-state index contributed by atoms with van der Waals surface area (Å²) in [4.78, 5) is 2.31. The lowest BCUT2D eigenvalue weighted by Crippen LogP contribution is -2.45. The van der Waals surface area contributed by atoms with Crippen LogP contribution in [0.25, 0.3) is 0 Å². The summed E-state index contributed by atoms with van der Waals surface area (Å²) in [5.74, 6) is 0. The summed E-state index contributed by atoms with van der Waals surface area (Å²) in [6.45, 7) is 5.69. The molecule has 1 aliphatic heterocycles. The van der Waals surface area contributed by atoms with Gasteiger partial charge >= 0.3 is 6.18 Å². The van der Waals surface area contributed by atoms with Gasteiger partial charge in [0.2, 0.25) is 0 Å². The van der Waals surface area contributed by atoms with Crippen molar-refractivity contribution in [1.82, 2.24) is 10.2 Å². The van der Waals surface area contributed by atoms with Gasteiger partial charge < -0.3 is 5.32 Å². The van der Waals surface area contributed by atoms with Crippen LogP contribution in [0.15, 0.2) is 22.7 Å². The highest BCUT2D eigenvalue weighted by atomic mass is 79.9. The van der Waals surface area contributed by atoms with Gasteiger partial charge in [-0.1, -0.05) is 42.1 Å². The Morgan fingerprint density at radius 2 is 1.87 bits per heavy atom. The summed E-state index contributed by atoms with van der Waals surface area (Å²) in [5, 5.41) is 3.30. The molecular weight excluding hydrogens is 369 g/mol. The Bertz CT molecular complexity index is 499. The van der Waals surface area contributed by atoms with E-state index < -0.39 is 11.7 Å². The number of alkyl halides is 3. The molecule has 6 heteroatoms. The molecule has 0 bridgehead atoms. The number of nitrogens with zero attached hydrogens (tertiary/aromatic N) is 1. The van der Waals surface area contributed by atoms with E-state index in [1.807, 2.05) is 6.07 Å². The number of hydrogen-bond acceptors (Lipinski definition) is 2. The topological polar surface area (TPSA) is 15.3 Å². The van der Waals surface area contributed by atoms with Gasteiger partial charge in [-0.05, 0) is 30.2 Å². The molecule has 1 aromatic rings. The third-order valence-electron chi connectivity index (χ3n) is 4.31. The summed E-state index contributed by atoms with van der Waals surface area (Å²) in [6, 6.07) is 4.38. The van der Waals surface area contributed by atoms with E-state index >= 15 is 0 Å². The van der Waals surface area contributed by atoms with Crippen molar-refractivity contribution in [3.8, 4) is 0 Å². The van der Waals surface area contributed by atoms with Gasteiger partial charge in [0.05, 0.1) is 5.56 Å². The summed E-state index contributed by atoms with van der Waals surface area (Å²) in [7, 11) is 0. The molecule has 1 fully saturated rings. The number of rotatable bonds is 6. The highest BCUT2D eigenvalue weighted by molar-refractivity contribution is 9.10. The van der Waals surface area contributed by atoms with Gasteiger partial charge in [0.15, 0.2) is 0 Å². The smallest absolute Gasteiger partial charge is 0.314 e. The molecule has 0 radical (unpaired) electrons. The highest BCUT2D eigenvalue weighted by Gasteiger charge is 2.32. The van der Waals surface area contributed by atoms with Crippen molar-refractivity contribution in [1.29, 1.82) is 0 Å². The molecule has 2 rings (SSSR count). The van der Waals surface area contributed by atoms with E-state index in [1.165, 1.54) is 6.07 Å². The van der Waals surface area contributed by atoms with Crippen LogP contribution in [0.2, 0.25) is 0 Å². The standard InChI is InChI=1S/C17H24BrF3N2/c1-2-3-4-5-16(23-8-6-22-7-9-23)13-10-14(17(19,20)21)12-15(18)11-13/h10-12,16,22H,2-9H2,1H3/t16-/m0/s1. The molecule has 0 aromatic heterocycles. The van der Waals surface area contributed by atoms with Gasteiger partial charge in [-0.2, -0.15) is 13.2 Å². The number of hydrogen-bond donors (Lipinski definition) is 1. The number of unbranched alkanes of at least 4 members (excludes halogenated alkanes) is 2. The average Bonchev–Trinajstić information content (AvgIpc) is 2.51. The number of piperazine rings is 1. The quantitative estimate of drug-likeness (QED) is 0.685. The molecule has 23 heavy (non-hydrogen) atoms. The molecule has 130 valence electrons. The zero-order valence-corrected chi connectivity index (χ0v) is 15.0. The highest BCUT2D eigenvalue weighted by Crippen LogP contribution is 2.36. The number of halogens is 4. The fraction of sp³-hybridized carbons (Fsp3) is 0.647. The molecule has 1 N–H and O–H groups in total. The predicted molar refractivity (Wildman–Crippen MR) is 90.5 cm³/mol. The largest absolute Gasteiger partial charge is 0.416 e. The van der Waals surface area contributed by atoms with Gasteiger partial charge in [-0.25, -0.2) is 0 Å². The second-order valence-corrected chi connectivity index (χ2v) is 6.98. The maximum Gasteiger partial charge on any atom is 0.416 e. The molecule has 0 aliphatic carbocycles. The third kappa shape index (κ3) is 5.47. The van der Waals surface area contributed by atoms with Crippen LogP contribution in [0.4, 0.5) is 13.2 Å². The summed E-state index contributed by atoms with van der Waals surface area (Å²) in [6.07, 6.45) is -0.139. The minimum absolute atomic E-state index is 0.0576. The Morgan fingerprint density at radius 1 is 1.17 bits per heavy atom. The van der Waals surface area contributed by atoms with E-state index in [0.29, 0.717) is 4.47 Å². The Kier molecular flexibility index (Phi) is 6.92. The first kappa shape index (κ1) is 18.7. The molecule has 0 amide bonds. The first-order valence-corrected chi connectivity index (χ1v) is 9.03. The van der Waals surface area contributed by atoms with E-state index in [-0.39, 0.29) is 6.04 Å². The number of nitrogens with one attached hydrogen (secondary N) is 1. The fourth-order valence-electron chi connectivity index (χ4n) is 3.11. The van der Waals surface area contributed by atoms with Crippen molar-refractivity contribution in [3.05, 3.63) is 33.8 Å². The maximum absolute atomic E-state index is 13.1. The predicted octanol–water partition coefficient (Wildman–Crippen LogP) is 4.99. The van der Waals surface area contributed by atoms with Crippen LogP contribution in [0.3, 0.4) is 0 Å². The lowest BCUT2D eigenvalue weighted by atomic mass is 9.96. The second kappa shape index (κ2) is 8.49. The van der Waals surface area contributed by atoms with Crippen molar-refractivity contribution in [3.63, 3.8) is 0 Å². The van der Waals surface area contributed by atoms with Crippen LogP contribution >= 0.6 is 15.9 Å². The average molecular weight is 393 g/mol. The van der Waals surface area contributed by atoms with Gasteiger partial charge in [0, 0.05) is 36.7 Å². The molecule has 1 saturated heterocycles. The van der Waals surface area contributed by atoms with Crippen LogP contribution in [0.1, 0.15) is 49.8 Å². The second-order valence-electron chi connectivity index (χ2n) is 6.07. The molecule has 0 saturated carbocycles. The minimum atomic E-state index is -4.31. The monoisotopic (exact) mass is 392 g/mol. The Morgan fingerprint density at radius 3 is 2.48 bits per heavy atom. The van der Waals surface area contributed by atoms with Crippen molar-refractivity contribution in [2.75, 3.05) is 26.2 Å². The Balaban J connectivity index is 2.27. The van der Waals surface area contributed by atoms with Crippen LogP contribution in [-0.4, -0.2) is 31.1 Å². The van der Waals surface area contributed by atoms with E-state index in [1.54, 1.807) is 0 Å². The van der Waals surface area contributed by atoms with Gasteiger partial charge in [-0.15, -0.1) is 0 Å². The molecule has 1 aliphatic rings. The zero-order valence-electron chi connectivity index (χ0n) is 13.4. The lowest BCUT2D eigenvalue weighted by molar-refractivity contribution is -0.137. The first-order chi connectivity index (χ1) is 10.9. The molecule has 1 aromatic carbocycles. The van der Waals surface area contributed by atoms with Crippen molar-refractivity contribution >= 4 is 15.9 Å². The lowest BCUT2D eigenvalue weighted by Gasteiger charge is -2.35. The summed E-state index contributed by atoms with van der Waals surface area (Å²) < 4.78 is 39.8. The SMILES string of the molecule is CCCCC[C@@H](c1cc(Br)cc(C(F)(F)F)c1)N1CCNCC1. The fourth-order valence-corrected chi connectivity index (χ4v) is 3.62. The third-order valence-corrected chi connectivity index (χ3v) is 4.76. The molecule has 1 atom stereocenters. The van der Waals surface area contributed by atoms with Crippen molar-refractivity contribution < 1.29 is 13.2 Å². The molecule has 0 unspecified atom stereocenters. The van der Waals surface area contributed by atoms with Crippen molar-refractivity contribution in [2.45, 2.75) is 44.8 Å². The van der Waals surface area contributed by atoms with Gasteiger partial charge in [-0.3, -0.25) is 4.90 Å². The molecule has 1 heterocycles. The minimum Gasteiger partial charge on any atom is -0.314 e. The maximum atomic E-state index is 13.1. The van der Waals surface area contributed by atoms with E-state index in [0.717, 1.165) is 63.5 Å². The summed E-state index contributed by atoms with van der Waals surface area (Å²) in [5.41, 5.74) is 0.196. The normalized spacial score (nSPS) is 18.1. The van der Waals surface area contributed by atoms with Gasteiger partial charge in [0.25, 0.3) is 0 Å². The van der Waals surface area contributed by atoms with E-state index in [4.69, 9.17) is 0 Å². The van der Waals surface area contributed by atoms with Gasteiger partial charge in [0.1, 0.15) is 0 Å². The van der Waals surface area contributed by atoms with Crippen LogP contribution in [-0.2, 0) is 6.18 Å². The van der Waals surface area contributed by atoms with E-state index in [9.17, 15) is 13.2 Å². The summed E-state index contributed by atoms with van der Waals surface area (Å²) >= 11 is 3.25. The molecule has 0 spiro atoms. The molecule has 2 nitrogen and oxygen atoms in total. The Labute approximate surface area is 144 Å². The van der Waals surface area contributed by atoms with E-state index in [2.05, 4.69) is 33.1 Å². The van der Waals surface area contributed by atoms with Crippen molar-refractivity contribution in [2.24, 2.45) is 0 Å².